The topological polar surface area (TPSA) is 76.9 Å². The van der Waals surface area contributed by atoms with Crippen molar-refractivity contribution in [3.63, 3.8) is 0 Å². The molecule has 1 N–H and O–H groups in total. The van der Waals surface area contributed by atoms with Crippen molar-refractivity contribution in [1.82, 2.24) is 14.8 Å². The van der Waals surface area contributed by atoms with Crippen LogP contribution in [0.15, 0.2) is 59.8 Å². The van der Waals surface area contributed by atoms with E-state index in [4.69, 9.17) is 0 Å². The Balaban J connectivity index is 1.90. The molecule has 0 aliphatic carbocycles. The van der Waals surface area contributed by atoms with Gasteiger partial charge < -0.3 is 4.57 Å². The zero-order valence-electron chi connectivity index (χ0n) is 15.0. The molecule has 0 bridgehead atoms. The van der Waals surface area contributed by atoms with Gasteiger partial charge in [0.25, 0.3) is 10.0 Å². The number of sulfonamides is 1. The highest BCUT2D eigenvalue weighted by Crippen LogP contribution is 2.28. The molecule has 0 unspecified atom stereocenters. The normalized spacial score (nSPS) is 11.7. The van der Waals surface area contributed by atoms with E-state index < -0.39 is 10.0 Å². The Morgan fingerprint density at radius 1 is 1.08 bits per heavy atom. The number of para-hydroxylation sites is 1. The van der Waals surface area contributed by atoms with E-state index in [0.29, 0.717) is 23.0 Å². The van der Waals surface area contributed by atoms with Gasteiger partial charge in [0.05, 0.1) is 10.6 Å². The molecule has 3 rings (SSSR count). The van der Waals surface area contributed by atoms with Crippen LogP contribution in [-0.2, 0) is 23.5 Å². The molecular weight excluding hydrogens is 348 g/mol. The first kappa shape index (κ1) is 18.1. The van der Waals surface area contributed by atoms with Crippen LogP contribution in [0.25, 0.3) is 11.4 Å². The first-order valence-corrected chi connectivity index (χ1v) is 9.90. The molecule has 26 heavy (non-hydrogen) atoms. The van der Waals surface area contributed by atoms with Gasteiger partial charge in [-0.15, -0.1) is 10.2 Å². The maximum atomic E-state index is 12.8. The summed E-state index contributed by atoms with van der Waals surface area (Å²) in [5.74, 6) is 1.12. The first-order valence-electron chi connectivity index (χ1n) is 8.42. The lowest BCUT2D eigenvalue weighted by Crippen LogP contribution is -2.14. The second-order valence-corrected chi connectivity index (χ2v) is 8.34. The predicted molar refractivity (Wildman–Crippen MR) is 102 cm³/mol. The average molecular weight is 370 g/mol. The minimum Gasteiger partial charge on any atom is -0.317 e. The molecule has 6 nitrogen and oxygen atoms in total. The summed E-state index contributed by atoms with van der Waals surface area (Å²) in [4.78, 5) is 0.234. The Hall–Kier alpha value is -2.67. The van der Waals surface area contributed by atoms with Gasteiger partial charge >= 0.3 is 0 Å². The molecule has 136 valence electrons. The molecule has 0 radical (unpaired) electrons. The zero-order valence-corrected chi connectivity index (χ0v) is 15.9. The van der Waals surface area contributed by atoms with Gasteiger partial charge in [-0.05, 0) is 42.2 Å². The van der Waals surface area contributed by atoms with Crippen LogP contribution >= 0.6 is 0 Å². The zero-order chi connectivity index (χ0) is 18.7. The third-order valence-corrected chi connectivity index (χ3v) is 5.38. The lowest BCUT2D eigenvalue weighted by Gasteiger charge is -2.13. The van der Waals surface area contributed by atoms with Crippen LogP contribution in [-0.4, -0.2) is 23.2 Å². The van der Waals surface area contributed by atoms with E-state index in [0.717, 1.165) is 12.0 Å². The number of aryl methyl sites for hydroxylation is 1. The van der Waals surface area contributed by atoms with Crippen LogP contribution in [0.3, 0.4) is 0 Å². The van der Waals surface area contributed by atoms with Crippen LogP contribution in [0, 0.1) is 5.92 Å². The molecule has 0 aliphatic rings. The average Bonchev–Trinajstić information content (AvgIpc) is 3.01. The minimum atomic E-state index is -3.69. The molecule has 2 aromatic carbocycles. The number of aromatic nitrogens is 3. The lowest BCUT2D eigenvalue weighted by atomic mass is 10.0. The molecule has 1 aromatic heterocycles. The maximum absolute atomic E-state index is 12.8. The third kappa shape index (κ3) is 3.94. The van der Waals surface area contributed by atoms with Gasteiger partial charge in [0.15, 0.2) is 5.82 Å². The molecule has 0 aliphatic heterocycles. The van der Waals surface area contributed by atoms with Gasteiger partial charge in [-0.2, -0.15) is 0 Å². The van der Waals surface area contributed by atoms with Crippen molar-refractivity contribution >= 4 is 15.7 Å². The molecule has 0 saturated carbocycles. The Labute approximate surface area is 154 Å². The smallest absolute Gasteiger partial charge is 0.261 e. The Kier molecular flexibility index (Phi) is 5.08. The SMILES string of the molecule is CC(C)Cc1ccc(S(=O)(=O)Nc2ccccc2-c2nncn2C)cc1. The van der Waals surface area contributed by atoms with Gasteiger partial charge in [-0.25, -0.2) is 8.42 Å². The molecule has 0 fully saturated rings. The second kappa shape index (κ2) is 7.29. The Morgan fingerprint density at radius 2 is 1.77 bits per heavy atom. The van der Waals surface area contributed by atoms with Gasteiger partial charge in [0.2, 0.25) is 0 Å². The molecule has 3 aromatic rings. The van der Waals surface area contributed by atoms with Crippen LogP contribution in [0.2, 0.25) is 0 Å². The van der Waals surface area contributed by atoms with Crippen molar-refractivity contribution in [2.24, 2.45) is 13.0 Å². The standard InChI is InChI=1S/C19H22N4O2S/c1-14(2)12-15-8-10-16(11-9-15)26(24,25)22-18-7-5-4-6-17(18)19-21-20-13-23(19)3/h4-11,13-14,22H,12H2,1-3H3. The summed E-state index contributed by atoms with van der Waals surface area (Å²) < 4.78 is 30.0. The molecule has 0 saturated heterocycles. The highest BCUT2D eigenvalue weighted by molar-refractivity contribution is 7.92. The number of rotatable bonds is 6. The van der Waals surface area contributed by atoms with Gasteiger partial charge in [0, 0.05) is 12.6 Å². The highest BCUT2D eigenvalue weighted by atomic mass is 32.2. The molecular formula is C19H22N4O2S. The van der Waals surface area contributed by atoms with Crippen molar-refractivity contribution in [2.75, 3.05) is 4.72 Å². The minimum absolute atomic E-state index is 0.234. The summed E-state index contributed by atoms with van der Waals surface area (Å²) in [6.45, 7) is 4.27. The highest BCUT2D eigenvalue weighted by Gasteiger charge is 2.18. The molecule has 0 atom stereocenters. The Morgan fingerprint density at radius 3 is 2.38 bits per heavy atom. The van der Waals surface area contributed by atoms with E-state index >= 15 is 0 Å². The van der Waals surface area contributed by atoms with Crippen LogP contribution in [0.5, 0.6) is 0 Å². The van der Waals surface area contributed by atoms with E-state index in [1.807, 2.05) is 31.3 Å². The van der Waals surface area contributed by atoms with E-state index in [2.05, 4.69) is 28.8 Å². The van der Waals surface area contributed by atoms with Crippen molar-refractivity contribution in [3.8, 4) is 11.4 Å². The fourth-order valence-corrected chi connectivity index (χ4v) is 3.85. The third-order valence-electron chi connectivity index (χ3n) is 4.00. The van der Waals surface area contributed by atoms with Gasteiger partial charge in [-0.1, -0.05) is 38.1 Å². The van der Waals surface area contributed by atoms with Gasteiger partial charge in [0.1, 0.15) is 6.33 Å². The summed E-state index contributed by atoms with van der Waals surface area (Å²) in [7, 11) is -1.88. The number of anilines is 1. The van der Waals surface area contributed by atoms with Crippen molar-refractivity contribution in [2.45, 2.75) is 25.2 Å². The number of nitrogens with zero attached hydrogens (tertiary/aromatic N) is 3. The Bertz CT molecular complexity index is 992. The molecule has 0 spiro atoms. The quantitative estimate of drug-likeness (QED) is 0.721. The van der Waals surface area contributed by atoms with Crippen LogP contribution in [0.1, 0.15) is 19.4 Å². The maximum Gasteiger partial charge on any atom is 0.261 e. The molecule has 7 heteroatoms. The summed E-state index contributed by atoms with van der Waals surface area (Å²) in [5.41, 5.74) is 2.26. The summed E-state index contributed by atoms with van der Waals surface area (Å²) in [5, 5.41) is 7.93. The summed E-state index contributed by atoms with van der Waals surface area (Å²) in [6.07, 6.45) is 2.50. The largest absolute Gasteiger partial charge is 0.317 e. The first-order chi connectivity index (χ1) is 12.4. The fourth-order valence-electron chi connectivity index (χ4n) is 2.77. The monoisotopic (exact) mass is 370 g/mol. The van der Waals surface area contributed by atoms with E-state index in [1.54, 1.807) is 35.2 Å². The van der Waals surface area contributed by atoms with E-state index in [1.165, 1.54) is 0 Å². The van der Waals surface area contributed by atoms with Crippen molar-refractivity contribution in [1.29, 1.82) is 0 Å². The molecule has 0 amide bonds. The number of hydrogen-bond donors (Lipinski definition) is 1. The van der Waals surface area contributed by atoms with Crippen molar-refractivity contribution < 1.29 is 8.42 Å². The molecule has 1 heterocycles. The second-order valence-electron chi connectivity index (χ2n) is 6.66. The number of hydrogen-bond acceptors (Lipinski definition) is 4. The number of nitrogens with one attached hydrogen (secondary N) is 1. The van der Waals surface area contributed by atoms with Crippen molar-refractivity contribution in [3.05, 3.63) is 60.4 Å². The van der Waals surface area contributed by atoms with E-state index in [9.17, 15) is 8.42 Å². The van der Waals surface area contributed by atoms with Crippen LogP contribution in [0.4, 0.5) is 5.69 Å². The van der Waals surface area contributed by atoms with Crippen LogP contribution < -0.4 is 4.72 Å². The summed E-state index contributed by atoms with van der Waals surface area (Å²) in [6, 6.07) is 14.2. The predicted octanol–water partition coefficient (Wildman–Crippen LogP) is 3.48. The van der Waals surface area contributed by atoms with E-state index in [-0.39, 0.29) is 4.90 Å². The fraction of sp³-hybridized carbons (Fsp3) is 0.263. The lowest BCUT2D eigenvalue weighted by molar-refractivity contribution is 0.601. The van der Waals surface area contributed by atoms with Gasteiger partial charge in [-0.3, -0.25) is 4.72 Å². The number of benzene rings is 2. The summed E-state index contributed by atoms with van der Waals surface area (Å²) >= 11 is 0.